The lowest BCUT2D eigenvalue weighted by molar-refractivity contribution is 0.0697. The molecule has 3 atom stereocenters. The van der Waals surface area contributed by atoms with Gasteiger partial charge in [0, 0.05) is 11.5 Å². The third-order valence-corrected chi connectivity index (χ3v) is 4.90. The zero-order chi connectivity index (χ0) is 14.4. The van der Waals surface area contributed by atoms with Crippen molar-refractivity contribution in [3.05, 3.63) is 35.7 Å². The van der Waals surface area contributed by atoms with Gasteiger partial charge in [0.15, 0.2) is 0 Å². The molecule has 108 valence electrons. The van der Waals surface area contributed by atoms with Crippen molar-refractivity contribution in [3.63, 3.8) is 0 Å². The molecule has 1 aromatic heterocycles. The minimum Gasteiger partial charge on any atom is -0.478 e. The van der Waals surface area contributed by atoms with Crippen molar-refractivity contribution in [1.82, 2.24) is 10.1 Å². The van der Waals surface area contributed by atoms with Gasteiger partial charge in [0.25, 0.3) is 0 Å². The summed E-state index contributed by atoms with van der Waals surface area (Å²) >= 11 is 0. The summed E-state index contributed by atoms with van der Waals surface area (Å²) in [6.45, 7) is 0. The van der Waals surface area contributed by atoms with Crippen LogP contribution in [0, 0.1) is 11.8 Å². The van der Waals surface area contributed by atoms with Crippen LogP contribution in [0.4, 0.5) is 0 Å². The van der Waals surface area contributed by atoms with Crippen LogP contribution in [0.25, 0.3) is 11.4 Å². The standard InChI is InChI=1S/C16H16N2O3/c19-16(20)12-4-2-1-3-11(12)14-17-15(21-18-14)13-8-9-5-6-10(13)7-9/h1-4,9-10,13H,5-8H2,(H,19,20). The van der Waals surface area contributed by atoms with Gasteiger partial charge in [0.1, 0.15) is 0 Å². The summed E-state index contributed by atoms with van der Waals surface area (Å²) in [5, 5.41) is 13.3. The molecule has 5 nitrogen and oxygen atoms in total. The van der Waals surface area contributed by atoms with Gasteiger partial charge in [0.2, 0.25) is 11.7 Å². The molecular weight excluding hydrogens is 268 g/mol. The molecule has 3 unspecified atom stereocenters. The molecule has 2 aromatic rings. The number of aromatic nitrogens is 2. The minimum atomic E-state index is -0.975. The van der Waals surface area contributed by atoms with E-state index in [4.69, 9.17) is 4.52 Å². The maximum atomic E-state index is 11.3. The van der Waals surface area contributed by atoms with E-state index in [0.29, 0.717) is 29.1 Å². The van der Waals surface area contributed by atoms with E-state index >= 15 is 0 Å². The number of hydrogen-bond donors (Lipinski definition) is 1. The van der Waals surface area contributed by atoms with Crippen molar-refractivity contribution in [3.8, 4) is 11.4 Å². The Morgan fingerprint density at radius 3 is 2.81 bits per heavy atom. The topological polar surface area (TPSA) is 76.2 Å². The van der Waals surface area contributed by atoms with Gasteiger partial charge in [-0.1, -0.05) is 29.8 Å². The second kappa shape index (κ2) is 4.69. The van der Waals surface area contributed by atoms with Gasteiger partial charge >= 0.3 is 5.97 Å². The molecule has 21 heavy (non-hydrogen) atoms. The van der Waals surface area contributed by atoms with E-state index in [0.717, 1.165) is 12.3 Å². The van der Waals surface area contributed by atoms with E-state index < -0.39 is 5.97 Å². The number of benzene rings is 1. The van der Waals surface area contributed by atoms with Crippen LogP contribution in [0.3, 0.4) is 0 Å². The van der Waals surface area contributed by atoms with Gasteiger partial charge < -0.3 is 9.63 Å². The van der Waals surface area contributed by atoms with E-state index in [1.54, 1.807) is 24.3 Å². The Morgan fingerprint density at radius 1 is 1.24 bits per heavy atom. The maximum Gasteiger partial charge on any atom is 0.336 e. The molecule has 1 N–H and O–H groups in total. The number of hydrogen-bond acceptors (Lipinski definition) is 4. The minimum absolute atomic E-state index is 0.206. The quantitative estimate of drug-likeness (QED) is 0.935. The van der Waals surface area contributed by atoms with E-state index in [9.17, 15) is 9.90 Å². The summed E-state index contributed by atoms with van der Waals surface area (Å²) in [4.78, 5) is 15.8. The highest BCUT2D eigenvalue weighted by Gasteiger charge is 2.43. The van der Waals surface area contributed by atoms with E-state index in [2.05, 4.69) is 10.1 Å². The number of aromatic carboxylic acids is 1. The number of nitrogens with zero attached hydrogens (tertiary/aromatic N) is 2. The molecule has 0 aliphatic heterocycles. The zero-order valence-electron chi connectivity index (χ0n) is 11.5. The first kappa shape index (κ1) is 12.6. The lowest BCUT2D eigenvalue weighted by Crippen LogP contribution is -2.08. The van der Waals surface area contributed by atoms with Crippen molar-refractivity contribution >= 4 is 5.97 Å². The molecule has 0 radical (unpaired) electrons. The summed E-state index contributed by atoms with van der Waals surface area (Å²) in [6, 6.07) is 6.77. The molecule has 2 saturated carbocycles. The van der Waals surface area contributed by atoms with Crippen molar-refractivity contribution in [2.75, 3.05) is 0 Å². The fraction of sp³-hybridized carbons (Fsp3) is 0.438. The Kier molecular flexibility index (Phi) is 2.80. The van der Waals surface area contributed by atoms with Crippen molar-refractivity contribution in [2.24, 2.45) is 11.8 Å². The largest absolute Gasteiger partial charge is 0.478 e. The Labute approximate surface area is 122 Å². The second-order valence-corrected chi connectivity index (χ2v) is 6.09. The van der Waals surface area contributed by atoms with Crippen LogP contribution < -0.4 is 0 Å². The molecule has 1 aromatic carbocycles. The van der Waals surface area contributed by atoms with Crippen LogP contribution in [0.5, 0.6) is 0 Å². The van der Waals surface area contributed by atoms with Gasteiger partial charge in [-0.05, 0) is 37.2 Å². The van der Waals surface area contributed by atoms with Crippen LogP contribution in [0.15, 0.2) is 28.8 Å². The van der Waals surface area contributed by atoms with Gasteiger partial charge in [-0.25, -0.2) is 4.79 Å². The van der Waals surface area contributed by atoms with Crippen molar-refractivity contribution in [2.45, 2.75) is 31.6 Å². The van der Waals surface area contributed by atoms with E-state index in [1.165, 1.54) is 19.3 Å². The molecule has 4 rings (SSSR count). The predicted molar refractivity (Wildman–Crippen MR) is 74.9 cm³/mol. The zero-order valence-corrected chi connectivity index (χ0v) is 11.5. The predicted octanol–water partition coefficient (Wildman–Crippen LogP) is 3.34. The van der Waals surface area contributed by atoms with Gasteiger partial charge in [0.05, 0.1) is 5.56 Å². The fourth-order valence-electron chi connectivity index (χ4n) is 3.91. The first-order chi connectivity index (χ1) is 10.2. The molecule has 2 aliphatic rings. The van der Waals surface area contributed by atoms with E-state index in [-0.39, 0.29) is 5.56 Å². The highest BCUT2D eigenvalue weighted by Crippen LogP contribution is 2.52. The number of carbonyl (C=O) groups is 1. The third kappa shape index (κ3) is 2.04. The van der Waals surface area contributed by atoms with Crippen molar-refractivity contribution < 1.29 is 14.4 Å². The van der Waals surface area contributed by atoms with Crippen LogP contribution in [-0.2, 0) is 0 Å². The SMILES string of the molecule is O=C(O)c1ccccc1-c1noc(C2CC3CCC2C3)n1. The number of carboxylic acid groups (broad SMARTS) is 1. The summed E-state index contributed by atoms with van der Waals surface area (Å²) in [5.74, 6) is 1.92. The number of carboxylic acids is 1. The summed E-state index contributed by atoms with van der Waals surface area (Å²) in [5.41, 5.74) is 0.723. The molecular formula is C16H16N2O3. The fourth-order valence-corrected chi connectivity index (χ4v) is 3.91. The van der Waals surface area contributed by atoms with Gasteiger partial charge in [-0.15, -0.1) is 0 Å². The summed E-state index contributed by atoms with van der Waals surface area (Å²) < 4.78 is 5.44. The highest BCUT2D eigenvalue weighted by atomic mass is 16.5. The van der Waals surface area contributed by atoms with Crippen LogP contribution in [-0.4, -0.2) is 21.2 Å². The normalized spacial score (nSPS) is 27.1. The molecule has 2 fully saturated rings. The highest BCUT2D eigenvalue weighted by molar-refractivity contribution is 5.94. The second-order valence-electron chi connectivity index (χ2n) is 6.09. The lowest BCUT2D eigenvalue weighted by Gasteiger charge is -2.17. The summed E-state index contributed by atoms with van der Waals surface area (Å²) in [7, 11) is 0. The Hall–Kier alpha value is -2.17. The average molecular weight is 284 g/mol. The molecule has 1 heterocycles. The molecule has 5 heteroatoms. The number of rotatable bonds is 3. The van der Waals surface area contributed by atoms with Gasteiger partial charge in [-0.2, -0.15) is 4.98 Å². The molecule has 0 amide bonds. The Bertz CT molecular complexity index is 694. The smallest absolute Gasteiger partial charge is 0.336 e. The van der Waals surface area contributed by atoms with Gasteiger partial charge in [-0.3, -0.25) is 0 Å². The van der Waals surface area contributed by atoms with Crippen LogP contribution >= 0.6 is 0 Å². The van der Waals surface area contributed by atoms with Crippen LogP contribution in [0.1, 0.15) is 47.8 Å². The molecule has 2 bridgehead atoms. The Balaban J connectivity index is 1.67. The lowest BCUT2D eigenvalue weighted by atomic mass is 9.89. The molecule has 0 spiro atoms. The van der Waals surface area contributed by atoms with Crippen molar-refractivity contribution in [1.29, 1.82) is 0 Å². The molecule has 0 saturated heterocycles. The first-order valence-electron chi connectivity index (χ1n) is 7.38. The number of fused-ring (bicyclic) bond motifs is 2. The molecule has 2 aliphatic carbocycles. The monoisotopic (exact) mass is 284 g/mol. The average Bonchev–Trinajstić information content (AvgIpc) is 3.23. The first-order valence-corrected chi connectivity index (χ1v) is 7.38. The third-order valence-electron chi connectivity index (χ3n) is 4.90. The van der Waals surface area contributed by atoms with Crippen LogP contribution in [0.2, 0.25) is 0 Å². The summed E-state index contributed by atoms with van der Waals surface area (Å²) in [6.07, 6.45) is 4.98. The van der Waals surface area contributed by atoms with E-state index in [1.807, 2.05) is 0 Å². The Morgan fingerprint density at radius 2 is 2.10 bits per heavy atom. The maximum absolute atomic E-state index is 11.3.